The highest BCUT2D eigenvalue weighted by molar-refractivity contribution is 5.96. The van der Waals surface area contributed by atoms with Crippen molar-refractivity contribution in [1.29, 1.82) is 0 Å². The van der Waals surface area contributed by atoms with E-state index in [0.29, 0.717) is 29.8 Å². The van der Waals surface area contributed by atoms with Gasteiger partial charge in [0.2, 0.25) is 0 Å². The summed E-state index contributed by atoms with van der Waals surface area (Å²) in [7, 11) is 0. The minimum Gasteiger partial charge on any atom is -0.435 e. The molecule has 1 aromatic carbocycles. The normalized spacial score (nSPS) is 14.0. The lowest BCUT2D eigenvalue weighted by Gasteiger charge is -2.15. The second-order valence-corrected chi connectivity index (χ2v) is 4.92. The van der Waals surface area contributed by atoms with E-state index in [2.05, 4.69) is 9.84 Å². The van der Waals surface area contributed by atoms with E-state index in [9.17, 15) is 18.4 Å². The molecule has 5 nitrogen and oxygen atoms in total. The molecule has 0 atom stereocenters. The fourth-order valence-corrected chi connectivity index (χ4v) is 2.43. The van der Waals surface area contributed by atoms with Gasteiger partial charge in [-0.15, -0.1) is 0 Å². The number of carbonyl (C=O) groups is 1. The molecule has 0 spiro atoms. The lowest BCUT2D eigenvalue weighted by molar-refractivity contribution is -0.0498. The summed E-state index contributed by atoms with van der Waals surface area (Å²) in [5.74, 6) is -0.103. The number of hydrogen-bond donors (Lipinski definition) is 0. The van der Waals surface area contributed by atoms with Crippen LogP contribution in [0.5, 0.6) is 5.75 Å². The molecule has 1 aromatic heterocycles. The van der Waals surface area contributed by atoms with Gasteiger partial charge in [-0.3, -0.25) is 9.59 Å². The molecule has 22 heavy (non-hydrogen) atoms. The van der Waals surface area contributed by atoms with Gasteiger partial charge in [0, 0.05) is 12.5 Å². The Morgan fingerprint density at radius 3 is 2.55 bits per heavy atom. The monoisotopic (exact) mass is 306 g/mol. The van der Waals surface area contributed by atoms with Crippen LogP contribution in [0.1, 0.15) is 28.9 Å². The SMILES string of the molecule is O=C1CCCc2cc(=O)n(-c3ccc(OC(F)F)cc3)nc21. The number of benzene rings is 1. The first-order chi connectivity index (χ1) is 10.5. The topological polar surface area (TPSA) is 61.2 Å². The minimum absolute atomic E-state index is 0.0131. The molecule has 0 bridgehead atoms. The summed E-state index contributed by atoms with van der Waals surface area (Å²) in [6.07, 6.45) is 1.79. The van der Waals surface area contributed by atoms with Gasteiger partial charge in [0.1, 0.15) is 11.4 Å². The van der Waals surface area contributed by atoms with Crippen molar-refractivity contribution in [3.8, 4) is 11.4 Å². The molecule has 1 aliphatic carbocycles. The first kappa shape index (κ1) is 14.4. The molecule has 0 saturated carbocycles. The molecule has 0 saturated heterocycles. The second kappa shape index (κ2) is 5.67. The molecule has 0 fully saturated rings. The van der Waals surface area contributed by atoms with Gasteiger partial charge in [0.15, 0.2) is 5.78 Å². The highest BCUT2D eigenvalue weighted by Crippen LogP contribution is 2.19. The molecule has 2 aromatic rings. The first-order valence-corrected chi connectivity index (χ1v) is 6.76. The van der Waals surface area contributed by atoms with Crippen molar-refractivity contribution in [2.24, 2.45) is 0 Å². The van der Waals surface area contributed by atoms with E-state index in [0.717, 1.165) is 11.1 Å². The maximum absolute atomic E-state index is 12.1. The highest BCUT2D eigenvalue weighted by atomic mass is 19.3. The van der Waals surface area contributed by atoms with Crippen LogP contribution in [-0.2, 0) is 6.42 Å². The van der Waals surface area contributed by atoms with Gasteiger partial charge in [-0.05, 0) is 42.7 Å². The van der Waals surface area contributed by atoms with Gasteiger partial charge in [0.25, 0.3) is 5.56 Å². The zero-order chi connectivity index (χ0) is 15.7. The fraction of sp³-hybridized carbons (Fsp3) is 0.267. The number of ketones is 1. The molecular formula is C15H12F2N2O3. The van der Waals surface area contributed by atoms with Crippen LogP contribution in [0.4, 0.5) is 8.78 Å². The maximum atomic E-state index is 12.1. The van der Waals surface area contributed by atoms with E-state index >= 15 is 0 Å². The van der Waals surface area contributed by atoms with Gasteiger partial charge in [-0.1, -0.05) is 0 Å². The molecular weight excluding hydrogens is 294 g/mol. The summed E-state index contributed by atoms with van der Waals surface area (Å²) in [6.45, 7) is -2.91. The van der Waals surface area contributed by atoms with Crippen molar-refractivity contribution in [3.63, 3.8) is 0 Å². The van der Waals surface area contributed by atoms with Crippen LogP contribution in [0, 0.1) is 0 Å². The molecule has 0 amide bonds. The summed E-state index contributed by atoms with van der Waals surface area (Å²) < 4.78 is 29.6. The molecule has 0 aliphatic heterocycles. The Hall–Kier alpha value is -2.57. The number of Topliss-reactive ketones (excluding diaryl/α,β-unsaturated/α-hetero) is 1. The number of alkyl halides is 2. The van der Waals surface area contributed by atoms with E-state index in [4.69, 9.17) is 0 Å². The van der Waals surface area contributed by atoms with Crippen molar-refractivity contribution >= 4 is 5.78 Å². The van der Waals surface area contributed by atoms with Crippen LogP contribution in [0.2, 0.25) is 0 Å². The standard InChI is InChI=1S/C15H12F2N2O3/c16-15(17)22-11-6-4-10(5-7-11)19-13(21)8-9-2-1-3-12(20)14(9)18-19/h4-8,15H,1-3H2. The number of fused-ring (bicyclic) bond motifs is 1. The van der Waals surface area contributed by atoms with E-state index in [-0.39, 0.29) is 17.1 Å². The molecule has 1 aliphatic rings. The van der Waals surface area contributed by atoms with Gasteiger partial charge in [-0.2, -0.15) is 18.6 Å². The molecule has 1 heterocycles. The smallest absolute Gasteiger partial charge is 0.387 e. The lowest BCUT2D eigenvalue weighted by atomic mass is 9.96. The first-order valence-electron chi connectivity index (χ1n) is 6.76. The largest absolute Gasteiger partial charge is 0.435 e. The Bertz CT molecular complexity index is 769. The molecule has 3 rings (SSSR count). The number of rotatable bonds is 3. The zero-order valence-electron chi connectivity index (χ0n) is 11.5. The lowest BCUT2D eigenvalue weighted by Crippen LogP contribution is -2.27. The van der Waals surface area contributed by atoms with E-state index in [1.54, 1.807) is 0 Å². The average molecular weight is 306 g/mol. The molecule has 114 valence electrons. The number of aromatic nitrogens is 2. The van der Waals surface area contributed by atoms with Crippen LogP contribution in [0.15, 0.2) is 35.1 Å². The van der Waals surface area contributed by atoms with Crippen molar-refractivity contribution < 1.29 is 18.3 Å². The number of carbonyl (C=O) groups excluding carboxylic acids is 1. The second-order valence-electron chi connectivity index (χ2n) is 4.92. The summed E-state index contributed by atoms with van der Waals surface area (Å²) in [4.78, 5) is 24.0. The number of halogens is 2. The van der Waals surface area contributed by atoms with Crippen molar-refractivity contribution in [1.82, 2.24) is 9.78 Å². The van der Waals surface area contributed by atoms with E-state index in [1.807, 2.05) is 0 Å². The van der Waals surface area contributed by atoms with Crippen LogP contribution in [0.3, 0.4) is 0 Å². The molecule has 0 unspecified atom stereocenters. The summed E-state index contributed by atoms with van der Waals surface area (Å²) >= 11 is 0. The third kappa shape index (κ3) is 2.74. The van der Waals surface area contributed by atoms with Gasteiger partial charge >= 0.3 is 6.61 Å². The Morgan fingerprint density at radius 1 is 1.14 bits per heavy atom. The fourth-order valence-electron chi connectivity index (χ4n) is 2.43. The number of hydrogen-bond acceptors (Lipinski definition) is 4. The van der Waals surface area contributed by atoms with Crippen molar-refractivity contribution in [2.45, 2.75) is 25.9 Å². The van der Waals surface area contributed by atoms with Gasteiger partial charge in [-0.25, -0.2) is 0 Å². The summed E-state index contributed by atoms with van der Waals surface area (Å²) in [5.41, 5.74) is 0.984. The third-order valence-electron chi connectivity index (χ3n) is 3.43. The quantitative estimate of drug-likeness (QED) is 0.873. The minimum atomic E-state index is -2.91. The Morgan fingerprint density at radius 2 is 1.86 bits per heavy atom. The van der Waals surface area contributed by atoms with Crippen LogP contribution < -0.4 is 10.3 Å². The van der Waals surface area contributed by atoms with Crippen molar-refractivity contribution in [2.75, 3.05) is 0 Å². The zero-order valence-corrected chi connectivity index (χ0v) is 11.5. The number of nitrogens with zero attached hydrogens (tertiary/aromatic N) is 2. The van der Waals surface area contributed by atoms with Crippen molar-refractivity contribution in [3.05, 3.63) is 51.9 Å². The Balaban J connectivity index is 1.99. The predicted molar refractivity (Wildman–Crippen MR) is 73.7 cm³/mol. The van der Waals surface area contributed by atoms with Crippen LogP contribution >= 0.6 is 0 Å². The van der Waals surface area contributed by atoms with E-state index < -0.39 is 6.61 Å². The number of ether oxygens (including phenoxy) is 1. The number of aryl methyl sites for hydroxylation is 1. The molecule has 7 heteroatoms. The molecule has 0 radical (unpaired) electrons. The predicted octanol–water partition coefficient (Wildman–Crippen LogP) is 2.35. The summed E-state index contributed by atoms with van der Waals surface area (Å²) in [6, 6.07) is 6.91. The Kier molecular flexibility index (Phi) is 3.70. The van der Waals surface area contributed by atoms with Gasteiger partial charge < -0.3 is 4.74 Å². The Labute approximate surface area is 124 Å². The molecule has 0 N–H and O–H groups in total. The highest BCUT2D eigenvalue weighted by Gasteiger charge is 2.21. The maximum Gasteiger partial charge on any atom is 0.387 e. The average Bonchev–Trinajstić information content (AvgIpc) is 2.47. The van der Waals surface area contributed by atoms with Crippen LogP contribution in [0.25, 0.3) is 5.69 Å². The van der Waals surface area contributed by atoms with Gasteiger partial charge in [0.05, 0.1) is 5.69 Å². The summed E-state index contributed by atoms with van der Waals surface area (Å²) in [5, 5.41) is 4.12. The van der Waals surface area contributed by atoms with E-state index in [1.165, 1.54) is 30.3 Å². The van der Waals surface area contributed by atoms with Crippen LogP contribution in [-0.4, -0.2) is 22.2 Å². The third-order valence-corrected chi connectivity index (χ3v) is 3.43.